The van der Waals surface area contributed by atoms with Gasteiger partial charge in [-0.1, -0.05) is 30.4 Å². The topological polar surface area (TPSA) is 47.9 Å². The number of aromatic hydroxyl groups is 1. The Hall–Kier alpha value is -2.62. The fourth-order valence-corrected chi connectivity index (χ4v) is 2.04. The standard InChI is InChI=1S/C16H14O4/c1-18-14-4-2-3-12(16(14)17)7-5-11-6-8-13-15(9-11)20-10-19-13/h2-9,17H,10H2,1H3/b7-5+. The van der Waals surface area contributed by atoms with Crippen LogP contribution in [0.25, 0.3) is 12.2 Å². The summed E-state index contributed by atoms with van der Waals surface area (Å²) in [6, 6.07) is 11.1. The van der Waals surface area contributed by atoms with Gasteiger partial charge in [0.1, 0.15) is 0 Å². The Balaban J connectivity index is 1.87. The third-order valence-corrected chi connectivity index (χ3v) is 3.10. The summed E-state index contributed by atoms with van der Waals surface area (Å²) in [4.78, 5) is 0. The lowest BCUT2D eigenvalue weighted by Gasteiger charge is -2.05. The van der Waals surface area contributed by atoms with Crippen LogP contribution in [-0.2, 0) is 0 Å². The highest BCUT2D eigenvalue weighted by molar-refractivity contribution is 5.74. The van der Waals surface area contributed by atoms with Gasteiger partial charge in [0, 0.05) is 5.56 Å². The quantitative estimate of drug-likeness (QED) is 0.869. The van der Waals surface area contributed by atoms with Gasteiger partial charge in [0.2, 0.25) is 6.79 Å². The number of phenolic OH excluding ortho intramolecular Hbond substituents is 1. The molecule has 0 unspecified atom stereocenters. The number of benzene rings is 2. The summed E-state index contributed by atoms with van der Waals surface area (Å²) in [7, 11) is 1.53. The second-order valence-electron chi connectivity index (χ2n) is 4.34. The average Bonchev–Trinajstić information content (AvgIpc) is 2.93. The van der Waals surface area contributed by atoms with E-state index in [0.717, 1.165) is 17.1 Å². The van der Waals surface area contributed by atoms with Crippen molar-refractivity contribution in [2.45, 2.75) is 0 Å². The zero-order valence-corrected chi connectivity index (χ0v) is 11.0. The van der Waals surface area contributed by atoms with Crippen molar-refractivity contribution in [3.8, 4) is 23.0 Å². The van der Waals surface area contributed by atoms with Crippen LogP contribution in [0.5, 0.6) is 23.0 Å². The van der Waals surface area contributed by atoms with E-state index >= 15 is 0 Å². The molecule has 0 amide bonds. The highest BCUT2D eigenvalue weighted by Gasteiger charge is 2.12. The smallest absolute Gasteiger partial charge is 0.231 e. The fraction of sp³-hybridized carbons (Fsp3) is 0.125. The first-order valence-electron chi connectivity index (χ1n) is 6.21. The normalized spacial score (nSPS) is 12.8. The number of ether oxygens (including phenoxy) is 3. The Morgan fingerprint density at radius 1 is 1.10 bits per heavy atom. The molecule has 1 aliphatic heterocycles. The molecule has 0 radical (unpaired) electrons. The van der Waals surface area contributed by atoms with Crippen LogP contribution in [-0.4, -0.2) is 19.0 Å². The maximum atomic E-state index is 10.0. The van der Waals surface area contributed by atoms with Crippen molar-refractivity contribution < 1.29 is 19.3 Å². The van der Waals surface area contributed by atoms with Gasteiger partial charge in [0.25, 0.3) is 0 Å². The molecule has 1 aliphatic rings. The highest BCUT2D eigenvalue weighted by Crippen LogP contribution is 2.34. The van der Waals surface area contributed by atoms with Gasteiger partial charge in [0.15, 0.2) is 23.0 Å². The SMILES string of the molecule is COc1cccc(/C=C/c2ccc3c(c2)OCO3)c1O. The third kappa shape index (κ3) is 2.28. The van der Waals surface area contributed by atoms with Crippen LogP contribution in [0.3, 0.4) is 0 Å². The average molecular weight is 270 g/mol. The van der Waals surface area contributed by atoms with Crippen molar-refractivity contribution in [2.75, 3.05) is 13.9 Å². The zero-order chi connectivity index (χ0) is 13.9. The summed E-state index contributed by atoms with van der Waals surface area (Å²) in [6.45, 7) is 0.263. The minimum atomic E-state index is 0.131. The van der Waals surface area contributed by atoms with Crippen LogP contribution in [0.4, 0.5) is 0 Å². The fourth-order valence-electron chi connectivity index (χ4n) is 2.04. The van der Waals surface area contributed by atoms with Crippen LogP contribution in [0.15, 0.2) is 36.4 Å². The van der Waals surface area contributed by atoms with Gasteiger partial charge in [-0.15, -0.1) is 0 Å². The molecule has 0 bridgehead atoms. The minimum Gasteiger partial charge on any atom is -0.504 e. The molecule has 0 fully saturated rings. The largest absolute Gasteiger partial charge is 0.504 e. The van der Waals surface area contributed by atoms with Gasteiger partial charge in [-0.25, -0.2) is 0 Å². The molecule has 20 heavy (non-hydrogen) atoms. The van der Waals surface area contributed by atoms with E-state index in [1.165, 1.54) is 7.11 Å². The predicted molar refractivity (Wildman–Crippen MR) is 76.2 cm³/mol. The number of methoxy groups -OCH3 is 1. The number of hydrogen-bond donors (Lipinski definition) is 1. The van der Waals surface area contributed by atoms with Crippen molar-refractivity contribution in [3.63, 3.8) is 0 Å². The van der Waals surface area contributed by atoms with Gasteiger partial charge < -0.3 is 19.3 Å². The summed E-state index contributed by atoms with van der Waals surface area (Å²) >= 11 is 0. The second-order valence-corrected chi connectivity index (χ2v) is 4.34. The van der Waals surface area contributed by atoms with Gasteiger partial charge in [-0.05, 0) is 23.8 Å². The van der Waals surface area contributed by atoms with Gasteiger partial charge in [-0.3, -0.25) is 0 Å². The molecule has 4 nitrogen and oxygen atoms in total. The van der Waals surface area contributed by atoms with E-state index in [-0.39, 0.29) is 12.5 Å². The molecule has 0 aromatic heterocycles. The molecular formula is C16H14O4. The van der Waals surface area contributed by atoms with Crippen LogP contribution in [0, 0.1) is 0 Å². The first kappa shape index (κ1) is 12.4. The number of fused-ring (bicyclic) bond motifs is 1. The molecule has 0 saturated carbocycles. The van der Waals surface area contributed by atoms with Crippen molar-refractivity contribution >= 4 is 12.2 Å². The van der Waals surface area contributed by atoms with Crippen molar-refractivity contribution in [3.05, 3.63) is 47.5 Å². The number of rotatable bonds is 3. The molecule has 0 saturated heterocycles. The van der Waals surface area contributed by atoms with E-state index in [1.54, 1.807) is 6.07 Å². The monoisotopic (exact) mass is 270 g/mol. The van der Waals surface area contributed by atoms with Gasteiger partial charge in [-0.2, -0.15) is 0 Å². The van der Waals surface area contributed by atoms with Crippen LogP contribution >= 0.6 is 0 Å². The summed E-state index contributed by atoms with van der Waals surface area (Å²) in [6.07, 6.45) is 3.73. The van der Waals surface area contributed by atoms with Gasteiger partial charge >= 0.3 is 0 Å². The Bertz CT molecular complexity index is 662. The first-order chi connectivity index (χ1) is 9.78. The molecule has 4 heteroatoms. The molecule has 0 atom stereocenters. The van der Waals surface area contributed by atoms with E-state index in [0.29, 0.717) is 11.3 Å². The Morgan fingerprint density at radius 3 is 2.80 bits per heavy atom. The molecular weight excluding hydrogens is 256 g/mol. The maximum Gasteiger partial charge on any atom is 0.231 e. The molecule has 0 spiro atoms. The van der Waals surface area contributed by atoms with Crippen molar-refractivity contribution in [1.29, 1.82) is 0 Å². The second kappa shape index (κ2) is 5.17. The Morgan fingerprint density at radius 2 is 1.95 bits per heavy atom. The van der Waals surface area contributed by atoms with Crippen LogP contribution < -0.4 is 14.2 Å². The Labute approximate surface area is 116 Å². The van der Waals surface area contributed by atoms with Crippen LogP contribution in [0.1, 0.15) is 11.1 Å². The minimum absolute atomic E-state index is 0.131. The zero-order valence-electron chi connectivity index (χ0n) is 11.0. The van der Waals surface area contributed by atoms with Crippen molar-refractivity contribution in [2.24, 2.45) is 0 Å². The maximum absolute atomic E-state index is 10.0. The summed E-state index contributed by atoms with van der Waals surface area (Å²) in [5.41, 5.74) is 1.67. The Kier molecular flexibility index (Phi) is 3.21. The van der Waals surface area contributed by atoms with Crippen LogP contribution in [0.2, 0.25) is 0 Å². The van der Waals surface area contributed by atoms with Crippen molar-refractivity contribution in [1.82, 2.24) is 0 Å². The summed E-state index contributed by atoms with van der Waals surface area (Å²) in [5, 5.41) is 10.0. The first-order valence-corrected chi connectivity index (χ1v) is 6.21. The molecule has 0 aliphatic carbocycles. The lowest BCUT2D eigenvalue weighted by atomic mass is 10.1. The highest BCUT2D eigenvalue weighted by atomic mass is 16.7. The lowest BCUT2D eigenvalue weighted by Crippen LogP contribution is -1.92. The predicted octanol–water partition coefficient (Wildman–Crippen LogP) is 3.30. The lowest BCUT2D eigenvalue weighted by molar-refractivity contribution is 0.174. The number of hydrogen-bond acceptors (Lipinski definition) is 4. The van der Waals surface area contributed by atoms with E-state index in [9.17, 15) is 5.11 Å². The molecule has 1 N–H and O–H groups in total. The van der Waals surface area contributed by atoms with E-state index in [4.69, 9.17) is 14.2 Å². The van der Waals surface area contributed by atoms with E-state index in [1.807, 2.05) is 42.5 Å². The van der Waals surface area contributed by atoms with E-state index in [2.05, 4.69) is 0 Å². The summed E-state index contributed by atoms with van der Waals surface area (Å²) in [5.74, 6) is 2.08. The molecule has 3 rings (SSSR count). The third-order valence-electron chi connectivity index (χ3n) is 3.10. The molecule has 2 aromatic rings. The molecule has 102 valence electrons. The van der Waals surface area contributed by atoms with E-state index < -0.39 is 0 Å². The van der Waals surface area contributed by atoms with Gasteiger partial charge in [0.05, 0.1) is 7.11 Å². The molecule has 2 aromatic carbocycles. The number of phenols is 1. The summed E-state index contributed by atoms with van der Waals surface area (Å²) < 4.78 is 15.7. The number of para-hydroxylation sites is 1. The molecule has 1 heterocycles.